The van der Waals surface area contributed by atoms with Crippen LogP contribution in [0.4, 0.5) is 0 Å². The molecule has 2 saturated heterocycles. The highest BCUT2D eigenvalue weighted by Gasteiger charge is 2.51. The Morgan fingerprint density at radius 2 is 1.55 bits per heavy atom. The molecule has 10 atom stereocenters. The van der Waals surface area contributed by atoms with Gasteiger partial charge in [-0.1, -0.05) is 0 Å². The molecule has 5 rings (SSSR count). The third-order valence-electron chi connectivity index (χ3n) is 7.52. The van der Waals surface area contributed by atoms with Gasteiger partial charge in [0.1, 0.15) is 59.3 Å². The number of benzene rings is 2. The van der Waals surface area contributed by atoms with Crippen molar-refractivity contribution >= 4 is 21.9 Å². The van der Waals surface area contributed by atoms with E-state index in [9.17, 15) is 45.6 Å². The van der Waals surface area contributed by atoms with Gasteiger partial charge >= 0.3 is 0 Å². The fraction of sp³-hybridized carbons (Fsp3) is 0.519. The minimum absolute atomic E-state index is 0.00649. The third kappa shape index (κ3) is 5.47. The van der Waals surface area contributed by atoms with Crippen molar-refractivity contribution < 1.29 is 78.7 Å². The van der Waals surface area contributed by atoms with Gasteiger partial charge in [-0.3, -0.25) is 4.79 Å². The lowest BCUT2D eigenvalue weighted by molar-refractivity contribution is -0.413. The maximum absolute atomic E-state index is 13.3. The Labute approximate surface area is 247 Å². The van der Waals surface area contributed by atoms with E-state index in [0.717, 1.165) is 19.2 Å². The van der Waals surface area contributed by atoms with Crippen LogP contribution in [0.15, 0.2) is 27.4 Å². The van der Waals surface area contributed by atoms with Gasteiger partial charge in [-0.25, -0.2) is 0 Å². The third-order valence-corrected chi connectivity index (χ3v) is 7.52. The maximum Gasteiger partial charge on any atom is 0.232 e. The van der Waals surface area contributed by atoms with E-state index in [1.165, 1.54) is 20.1 Å². The van der Waals surface area contributed by atoms with Crippen LogP contribution < -0.4 is 19.8 Å². The molecule has 2 aliphatic rings. The normalized spacial score (nSPS) is 32.6. The fourth-order valence-electron chi connectivity index (χ4n) is 5.05. The Bertz CT molecular complexity index is 1560. The van der Waals surface area contributed by atoms with Crippen LogP contribution in [0.3, 0.4) is 0 Å². The Morgan fingerprint density at radius 1 is 0.818 bits per heavy atom. The van der Waals surface area contributed by atoms with Gasteiger partial charge in [-0.15, -0.1) is 0 Å². The smallest absolute Gasteiger partial charge is 0.232 e. The summed E-state index contributed by atoms with van der Waals surface area (Å²) >= 11 is 0. The monoisotopic (exact) mass is 628 g/mol. The molecule has 0 unspecified atom stereocenters. The first-order chi connectivity index (χ1) is 20.9. The minimum atomic E-state index is -1.83. The number of rotatable bonds is 8. The summed E-state index contributed by atoms with van der Waals surface area (Å²) in [6, 6.07) is 3.50. The van der Waals surface area contributed by atoms with Gasteiger partial charge in [0.15, 0.2) is 23.5 Å². The van der Waals surface area contributed by atoms with Gasteiger partial charge in [0, 0.05) is 12.1 Å². The Morgan fingerprint density at radius 3 is 2.20 bits per heavy atom. The van der Waals surface area contributed by atoms with Crippen molar-refractivity contribution in [2.24, 2.45) is 0 Å². The molecule has 0 aliphatic carbocycles. The van der Waals surface area contributed by atoms with E-state index in [0.29, 0.717) is 0 Å². The zero-order valence-electron chi connectivity index (χ0n) is 23.5. The molecule has 0 saturated carbocycles. The second kappa shape index (κ2) is 12.5. The van der Waals surface area contributed by atoms with Crippen molar-refractivity contribution in [1.82, 2.24) is 0 Å². The molecule has 2 fully saturated rings. The molecule has 17 nitrogen and oxygen atoms in total. The first-order valence-electron chi connectivity index (χ1n) is 13.3. The van der Waals surface area contributed by atoms with Crippen molar-refractivity contribution in [1.29, 1.82) is 0 Å². The summed E-state index contributed by atoms with van der Waals surface area (Å²) in [6.45, 7) is 0.626. The highest BCUT2D eigenvalue weighted by molar-refractivity contribution is 5.96. The summed E-state index contributed by atoms with van der Waals surface area (Å²) in [7, 11) is 2.45. The Kier molecular flexibility index (Phi) is 9.06. The van der Waals surface area contributed by atoms with Gasteiger partial charge in [0.2, 0.25) is 23.2 Å². The molecular formula is C27H32O17. The highest BCUT2D eigenvalue weighted by atomic mass is 17.2. The summed E-state index contributed by atoms with van der Waals surface area (Å²) in [5, 5.41) is 82.2. The molecule has 0 amide bonds. The van der Waals surface area contributed by atoms with Crippen molar-refractivity contribution in [3.8, 4) is 28.7 Å². The predicted octanol–water partition coefficient (Wildman–Crippen LogP) is -1.66. The van der Waals surface area contributed by atoms with Crippen LogP contribution in [0.5, 0.6) is 28.7 Å². The Hall–Kier alpha value is -3.49. The molecule has 0 radical (unpaired) electrons. The first kappa shape index (κ1) is 31.9. The van der Waals surface area contributed by atoms with Crippen LogP contribution in [0.25, 0.3) is 21.9 Å². The number of hydrogen-bond donors (Lipinski definition) is 8. The van der Waals surface area contributed by atoms with Crippen molar-refractivity contribution in [3.05, 3.63) is 28.4 Å². The second-order valence-corrected chi connectivity index (χ2v) is 10.2. The van der Waals surface area contributed by atoms with E-state index < -0.39 is 79.2 Å². The molecule has 2 aliphatic heterocycles. The average molecular weight is 629 g/mol. The highest BCUT2D eigenvalue weighted by Crippen LogP contribution is 2.43. The number of ether oxygens (including phenoxy) is 5. The zero-order chi connectivity index (χ0) is 32.0. The van der Waals surface area contributed by atoms with Gasteiger partial charge in [0.05, 0.1) is 32.3 Å². The van der Waals surface area contributed by atoms with Crippen LogP contribution in [0.1, 0.15) is 6.92 Å². The quantitative estimate of drug-likeness (QED) is 0.0788. The number of phenols is 2. The van der Waals surface area contributed by atoms with Crippen molar-refractivity contribution in [3.63, 3.8) is 0 Å². The largest absolute Gasteiger partial charge is 0.504 e. The molecule has 8 N–H and O–H groups in total. The minimum Gasteiger partial charge on any atom is -0.504 e. The van der Waals surface area contributed by atoms with Crippen molar-refractivity contribution in [2.75, 3.05) is 20.8 Å². The molecular weight excluding hydrogens is 596 g/mol. The van der Waals surface area contributed by atoms with Gasteiger partial charge in [-0.2, -0.15) is 4.89 Å². The number of aliphatic hydroxyl groups is 6. The number of fused-ring (bicyclic) bond motifs is 2. The molecule has 0 spiro atoms. The van der Waals surface area contributed by atoms with E-state index in [-0.39, 0.29) is 44.9 Å². The van der Waals surface area contributed by atoms with Gasteiger partial charge < -0.3 is 73.8 Å². The van der Waals surface area contributed by atoms with E-state index >= 15 is 0 Å². The molecule has 44 heavy (non-hydrogen) atoms. The number of methoxy groups -OCH3 is 2. The van der Waals surface area contributed by atoms with Crippen LogP contribution in [-0.4, -0.2) is 123 Å². The molecule has 3 aromatic rings. The van der Waals surface area contributed by atoms with E-state index in [4.69, 9.17) is 37.9 Å². The van der Waals surface area contributed by atoms with Crippen LogP contribution in [0.2, 0.25) is 0 Å². The predicted molar refractivity (Wildman–Crippen MR) is 143 cm³/mol. The van der Waals surface area contributed by atoms with Gasteiger partial charge in [0.25, 0.3) is 0 Å². The first-order valence-corrected chi connectivity index (χ1v) is 13.3. The summed E-state index contributed by atoms with van der Waals surface area (Å²) in [6.07, 6.45) is -16.0. The van der Waals surface area contributed by atoms with Crippen molar-refractivity contribution in [2.45, 2.75) is 68.3 Å². The van der Waals surface area contributed by atoms with E-state index in [1.54, 1.807) is 0 Å². The number of aliphatic hydroxyl groups excluding tert-OH is 6. The lowest BCUT2D eigenvalue weighted by Crippen LogP contribution is -2.64. The molecule has 0 bridgehead atoms. The van der Waals surface area contributed by atoms with Crippen LogP contribution >= 0.6 is 0 Å². The number of hydrogen-bond acceptors (Lipinski definition) is 17. The summed E-state index contributed by atoms with van der Waals surface area (Å²) in [4.78, 5) is 24.0. The van der Waals surface area contributed by atoms with Gasteiger partial charge in [-0.05, 0) is 13.0 Å². The number of phenolic OH excluding ortho intramolecular Hbond substituents is 2. The summed E-state index contributed by atoms with van der Waals surface area (Å²) in [5.74, 6) is -1.79. The second-order valence-electron chi connectivity index (χ2n) is 10.2. The fourth-order valence-corrected chi connectivity index (χ4v) is 5.05. The molecule has 1 aromatic heterocycles. The average Bonchev–Trinajstić information content (AvgIpc) is 3.00. The summed E-state index contributed by atoms with van der Waals surface area (Å²) in [5.41, 5.74) is -0.968. The molecule has 3 heterocycles. The van der Waals surface area contributed by atoms with Crippen LogP contribution in [-0.2, 0) is 19.1 Å². The Balaban J connectivity index is 1.48. The lowest BCUT2D eigenvalue weighted by Gasteiger charge is -2.45. The summed E-state index contributed by atoms with van der Waals surface area (Å²) < 4.78 is 32.5. The SMILES string of the molecule is COc1cc2c(=O)c3c(O)c(OC)c(OO[C@H]4O[C@H](CO)[C@@H](O)[C@H](O)[C@H]4O[C@@H]4O[C@H](C)[C@@H](O)[C@H](O)[C@@H]4O)cc3oc2cc1O. The standard InChI is InChI=1S/C27H32O17/c1-8-17(30)21(34)23(36)26(39-8)42-25-22(35)19(32)15(7-28)41-27(25)44-43-14-6-13-16(20(33)24(14)38-3)18(31)9-4-12(37-2)10(29)5-11(9)40-13/h4-6,8,15,17,19,21-23,25-30,32-36H,7H2,1-3H3/t8-,15-,17-,19-,21+,22+,23+,25-,26+,27-/m1/s1. The lowest BCUT2D eigenvalue weighted by atomic mass is 9.97. The maximum atomic E-state index is 13.3. The number of aromatic hydroxyl groups is 2. The molecule has 17 heteroatoms. The zero-order valence-corrected chi connectivity index (χ0v) is 23.5. The molecule has 2 aromatic carbocycles. The topological polar surface area (TPSA) is 257 Å². The van der Waals surface area contributed by atoms with Crippen LogP contribution in [0, 0.1) is 0 Å². The van der Waals surface area contributed by atoms with E-state index in [2.05, 4.69) is 0 Å². The molecule has 242 valence electrons. The van der Waals surface area contributed by atoms with E-state index in [1.807, 2.05) is 0 Å².